The maximum absolute atomic E-state index is 5.84. The summed E-state index contributed by atoms with van der Waals surface area (Å²) in [5.74, 6) is 0.110. The number of hydrogen-bond donors (Lipinski definition) is 1. The van der Waals surface area contributed by atoms with Crippen LogP contribution >= 0.6 is 80.5 Å². The molecule has 0 fully saturated rings. The van der Waals surface area contributed by atoms with Gasteiger partial charge in [-0.05, 0) is 5.56 Å². The maximum Gasteiger partial charge on any atom is 0.248 e. The van der Waals surface area contributed by atoms with Crippen LogP contribution in [0.25, 0.3) is 0 Å². The van der Waals surface area contributed by atoms with E-state index in [1.54, 1.807) is 5.37 Å². The Hall–Kier alpha value is 0.320. The van der Waals surface area contributed by atoms with Crippen molar-refractivity contribution >= 4 is 97.5 Å². The summed E-state index contributed by atoms with van der Waals surface area (Å²) >= 11 is 35.0. The van der Waals surface area contributed by atoms with Crippen molar-refractivity contribution in [3.8, 4) is 0 Å². The highest BCUT2D eigenvalue weighted by Crippen LogP contribution is 2.36. The second-order valence-electron chi connectivity index (χ2n) is 3.82. The van der Waals surface area contributed by atoms with Gasteiger partial charge in [0.25, 0.3) is 0 Å². The van der Waals surface area contributed by atoms with E-state index in [9.17, 15) is 0 Å². The molecule has 1 aliphatic heterocycles. The predicted octanol–water partition coefficient (Wildman–Crippen LogP) is 5.08. The van der Waals surface area contributed by atoms with E-state index in [4.69, 9.17) is 69.6 Å². The molecule has 0 amide bonds. The first kappa shape index (κ1) is 17.7. The van der Waals surface area contributed by atoms with E-state index in [1.807, 2.05) is 30.3 Å². The van der Waals surface area contributed by atoms with Crippen molar-refractivity contribution in [2.75, 3.05) is 0 Å². The minimum absolute atomic E-state index is 0.0549. The lowest BCUT2D eigenvalue weighted by molar-refractivity contribution is 1.22. The van der Waals surface area contributed by atoms with Gasteiger partial charge >= 0.3 is 0 Å². The quantitative estimate of drug-likeness (QED) is 0.494. The zero-order chi connectivity index (χ0) is 15.7. The molecule has 1 N–H and O–H groups in total. The average molecular weight is 426 g/mol. The zero-order valence-electron chi connectivity index (χ0n) is 10.0. The van der Waals surface area contributed by atoms with Crippen molar-refractivity contribution in [2.45, 2.75) is 7.59 Å². The van der Waals surface area contributed by atoms with Crippen molar-refractivity contribution < 1.29 is 0 Å². The molecule has 0 spiro atoms. The lowest BCUT2D eigenvalue weighted by Crippen LogP contribution is -2.45. The van der Waals surface area contributed by atoms with Gasteiger partial charge in [-0.15, -0.1) is 0 Å². The lowest BCUT2D eigenvalue weighted by Gasteiger charge is -2.24. The van der Waals surface area contributed by atoms with Gasteiger partial charge in [0.05, 0.1) is 0 Å². The Balaban J connectivity index is 2.46. The Morgan fingerprint density at radius 2 is 1.33 bits per heavy atom. The summed E-state index contributed by atoms with van der Waals surface area (Å²) in [5.41, 5.74) is 0.905. The third-order valence-corrected chi connectivity index (χ3v) is 4.48. The molecule has 1 heterocycles. The van der Waals surface area contributed by atoms with Gasteiger partial charge in [-0.25, -0.2) is 0 Å². The van der Waals surface area contributed by atoms with Gasteiger partial charge in [-0.3, -0.25) is 0 Å². The van der Waals surface area contributed by atoms with Gasteiger partial charge in [0.1, 0.15) is 0 Å². The molecule has 0 saturated heterocycles. The predicted molar refractivity (Wildman–Crippen MR) is 97.8 cm³/mol. The number of nitrogens with one attached hydrogen (secondary N) is 1. The van der Waals surface area contributed by atoms with Gasteiger partial charge in [0, 0.05) is 16.2 Å². The van der Waals surface area contributed by atoms with Crippen molar-refractivity contribution in [2.24, 2.45) is 8.80 Å². The minimum atomic E-state index is -1.77. The van der Waals surface area contributed by atoms with Crippen LogP contribution < -0.4 is 5.32 Å². The Kier molecular flexibility index (Phi) is 5.75. The fourth-order valence-electron chi connectivity index (χ4n) is 1.32. The summed E-state index contributed by atoms with van der Waals surface area (Å²) in [6.07, 6.45) is 0. The molecule has 1 aromatic carbocycles. The van der Waals surface area contributed by atoms with Gasteiger partial charge in [-0.1, -0.05) is 99.9 Å². The SMILES string of the molecule is ClC(Cl)(Cl)C1=NS(=Cc2ccccc2)N=C(C(Cl)(Cl)Cl)N1. The smallest absolute Gasteiger partial charge is 0.248 e. The maximum atomic E-state index is 5.84. The molecule has 1 aliphatic rings. The number of amidine groups is 2. The standard InChI is InChI=1S/C11H7Cl6N3S/c12-10(13,14)8-18-9(11(15,16)17)20-21(19-8)6-7-4-2-1-3-5-7/h1-6H,(H,18,19,20). The number of nitrogens with zero attached hydrogens (tertiary/aromatic N) is 2. The molecule has 21 heavy (non-hydrogen) atoms. The molecule has 0 atom stereocenters. The Bertz CT molecular complexity index is 583. The molecular formula is C11H7Cl6N3S. The number of rotatable bonds is 1. The molecule has 0 saturated carbocycles. The number of halogens is 6. The number of hydrogen-bond acceptors (Lipinski definition) is 3. The molecule has 0 unspecified atom stereocenters. The Morgan fingerprint density at radius 1 is 0.857 bits per heavy atom. The normalized spacial score (nSPS) is 16.9. The third-order valence-electron chi connectivity index (χ3n) is 2.18. The average Bonchev–Trinajstić information content (AvgIpc) is 2.37. The molecular weight excluding hydrogens is 419 g/mol. The molecule has 0 aromatic heterocycles. The Morgan fingerprint density at radius 3 is 1.76 bits per heavy atom. The first-order chi connectivity index (χ1) is 9.66. The van der Waals surface area contributed by atoms with Crippen molar-refractivity contribution in [3.05, 3.63) is 35.9 Å². The molecule has 0 aliphatic carbocycles. The Labute approximate surface area is 154 Å². The first-order valence-electron chi connectivity index (χ1n) is 5.38. The van der Waals surface area contributed by atoms with E-state index in [0.717, 1.165) is 5.56 Å². The third kappa shape index (κ3) is 5.17. The van der Waals surface area contributed by atoms with Crippen molar-refractivity contribution in [1.82, 2.24) is 5.32 Å². The summed E-state index contributed by atoms with van der Waals surface area (Å²) in [7, 11) is -0.967. The van der Waals surface area contributed by atoms with E-state index in [1.165, 1.54) is 0 Å². The van der Waals surface area contributed by atoms with Crippen LogP contribution in [0.5, 0.6) is 0 Å². The summed E-state index contributed by atoms with van der Waals surface area (Å²) in [4.78, 5) is 0. The second kappa shape index (κ2) is 6.83. The van der Waals surface area contributed by atoms with Crippen LogP contribution in [0.4, 0.5) is 0 Å². The highest BCUT2D eigenvalue weighted by atomic mass is 35.6. The summed E-state index contributed by atoms with van der Waals surface area (Å²) in [6.45, 7) is 0. The van der Waals surface area contributed by atoms with Crippen LogP contribution in [-0.2, 0) is 0 Å². The highest BCUT2D eigenvalue weighted by Gasteiger charge is 2.37. The zero-order valence-corrected chi connectivity index (χ0v) is 15.4. The molecule has 1 aromatic rings. The molecule has 3 nitrogen and oxygen atoms in total. The summed E-state index contributed by atoms with van der Waals surface area (Å²) in [6, 6.07) is 9.45. The monoisotopic (exact) mass is 423 g/mol. The lowest BCUT2D eigenvalue weighted by atomic mass is 10.2. The van der Waals surface area contributed by atoms with Gasteiger partial charge in [-0.2, -0.15) is 8.80 Å². The first-order valence-corrected chi connectivity index (χ1v) is 8.85. The fraction of sp³-hybridized carbons (Fsp3) is 0.182. The van der Waals surface area contributed by atoms with Gasteiger partial charge < -0.3 is 5.32 Å². The van der Waals surface area contributed by atoms with E-state index < -0.39 is 18.4 Å². The molecule has 10 heteroatoms. The molecule has 2 rings (SSSR count). The van der Waals surface area contributed by atoms with E-state index in [2.05, 4.69) is 14.1 Å². The van der Waals surface area contributed by atoms with Crippen LogP contribution in [0.15, 0.2) is 39.1 Å². The van der Waals surface area contributed by atoms with Crippen LogP contribution in [0.1, 0.15) is 5.56 Å². The number of benzene rings is 1. The fourth-order valence-corrected chi connectivity index (χ4v) is 3.44. The van der Waals surface area contributed by atoms with Crippen molar-refractivity contribution in [1.29, 1.82) is 0 Å². The molecule has 0 radical (unpaired) electrons. The van der Waals surface area contributed by atoms with Gasteiger partial charge in [0.2, 0.25) is 7.59 Å². The minimum Gasteiger partial charge on any atom is -0.324 e. The second-order valence-corrected chi connectivity index (χ2v) is 9.57. The van der Waals surface area contributed by atoms with Crippen LogP contribution in [-0.4, -0.2) is 24.6 Å². The van der Waals surface area contributed by atoms with E-state index in [0.29, 0.717) is 0 Å². The molecule has 0 bridgehead atoms. The van der Waals surface area contributed by atoms with Crippen molar-refractivity contribution in [3.63, 3.8) is 0 Å². The summed E-state index contributed by atoms with van der Waals surface area (Å²) in [5, 5.41) is 4.43. The van der Waals surface area contributed by atoms with Crippen LogP contribution in [0, 0.1) is 0 Å². The summed E-state index contributed by atoms with van der Waals surface area (Å²) < 4.78 is 4.92. The van der Waals surface area contributed by atoms with Crippen LogP contribution in [0.2, 0.25) is 0 Å². The van der Waals surface area contributed by atoms with Gasteiger partial charge in [0.15, 0.2) is 11.7 Å². The molecule has 114 valence electrons. The topological polar surface area (TPSA) is 36.8 Å². The van der Waals surface area contributed by atoms with E-state index in [-0.39, 0.29) is 11.7 Å². The number of alkyl halides is 6. The largest absolute Gasteiger partial charge is 0.324 e. The van der Waals surface area contributed by atoms with Crippen LogP contribution in [0.3, 0.4) is 0 Å². The van der Waals surface area contributed by atoms with E-state index >= 15 is 0 Å². The highest BCUT2D eigenvalue weighted by molar-refractivity contribution is 8.13.